The molecule has 3 aromatic rings. The molecule has 2 aromatic heterocycles. The number of fused-ring (bicyclic) bond motifs is 1. The van der Waals surface area contributed by atoms with E-state index in [1.807, 2.05) is 54.0 Å². The predicted octanol–water partition coefficient (Wildman–Crippen LogP) is 3.55. The van der Waals surface area contributed by atoms with Gasteiger partial charge in [-0.2, -0.15) is 0 Å². The van der Waals surface area contributed by atoms with Gasteiger partial charge in [-0.15, -0.1) is 11.3 Å². The van der Waals surface area contributed by atoms with Crippen molar-refractivity contribution in [3.8, 4) is 17.7 Å². The number of likely N-dealkylation sites (tertiary alicyclic amines) is 1. The highest BCUT2D eigenvalue weighted by atomic mass is 32.1. The van der Waals surface area contributed by atoms with Crippen molar-refractivity contribution in [3.63, 3.8) is 0 Å². The lowest BCUT2D eigenvalue weighted by Crippen LogP contribution is -2.26. The molecule has 0 unspecified atom stereocenters. The first-order chi connectivity index (χ1) is 14.6. The molecule has 0 aliphatic carbocycles. The molecule has 7 heteroatoms. The largest absolute Gasteiger partial charge is 0.476 e. The van der Waals surface area contributed by atoms with Crippen molar-refractivity contribution >= 4 is 34.0 Å². The second-order valence-electron chi connectivity index (χ2n) is 7.40. The fraction of sp³-hybridized carbons (Fsp3) is 0.348. The summed E-state index contributed by atoms with van der Waals surface area (Å²) < 4.78 is 5.93. The summed E-state index contributed by atoms with van der Waals surface area (Å²) in [4.78, 5) is 24.9. The molecule has 3 heterocycles. The van der Waals surface area contributed by atoms with Gasteiger partial charge in [0.2, 0.25) is 11.8 Å². The van der Waals surface area contributed by atoms with Gasteiger partial charge < -0.3 is 14.5 Å². The highest BCUT2D eigenvalue weighted by Crippen LogP contribution is 2.22. The molecule has 6 nitrogen and oxygen atoms in total. The van der Waals surface area contributed by atoms with Crippen LogP contribution in [0.1, 0.15) is 30.5 Å². The Morgan fingerprint density at radius 1 is 1.13 bits per heavy atom. The average Bonchev–Trinajstić information content (AvgIpc) is 3.37. The summed E-state index contributed by atoms with van der Waals surface area (Å²) in [5.74, 6) is 6.98. The number of carbonyl (C=O) groups excluding carboxylic acids is 1. The average molecular weight is 421 g/mol. The van der Waals surface area contributed by atoms with E-state index in [0.717, 1.165) is 41.7 Å². The molecule has 1 fully saturated rings. The molecule has 1 saturated heterocycles. The number of aromatic nitrogens is 2. The highest BCUT2D eigenvalue weighted by Gasteiger charge is 2.19. The van der Waals surface area contributed by atoms with Crippen molar-refractivity contribution in [1.82, 2.24) is 14.9 Å². The third-order valence-corrected chi connectivity index (χ3v) is 5.69. The topological polar surface area (TPSA) is 58.6 Å². The van der Waals surface area contributed by atoms with Gasteiger partial charge in [0.05, 0.1) is 6.61 Å². The van der Waals surface area contributed by atoms with Gasteiger partial charge in [0.25, 0.3) is 0 Å². The van der Waals surface area contributed by atoms with Gasteiger partial charge in [0, 0.05) is 55.6 Å². The van der Waals surface area contributed by atoms with Gasteiger partial charge >= 0.3 is 0 Å². The van der Waals surface area contributed by atoms with E-state index in [2.05, 4.69) is 26.7 Å². The van der Waals surface area contributed by atoms with Crippen molar-refractivity contribution < 1.29 is 9.53 Å². The smallest absolute Gasteiger partial charge is 0.249 e. The van der Waals surface area contributed by atoms with Gasteiger partial charge in [-0.25, -0.2) is 9.97 Å². The van der Waals surface area contributed by atoms with Gasteiger partial charge in [0.15, 0.2) is 5.69 Å². The summed E-state index contributed by atoms with van der Waals surface area (Å²) >= 11 is 1.56. The normalized spacial score (nSPS) is 13.4. The maximum Gasteiger partial charge on any atom is 0.249 e. The van der Waals surface area contributed by atoms with Crippen molar-refractivity contribution in [2.24, 2.45) is 0 Å². The maximum atomic E-state index is 11.7. The minimum absolute atomic E-state index is 0.237. The van der Waals surface area contributed by atoms with Crippen LogP contribution >= 0.6 is 11.3 Å². The molecule has 1 amide bonds. The number of thiophene rings is 1. The van der Waals surface area contributed by atoms with Crippen molar-refractivity contribution in [1.29, 1.82) is 0 Å². The summed E-state index contributed by atoms with van der Waals surface area (Å²) in [5.41, 5.74) is 4.20. The van der Waals surface area contributed by atoms with E-state index < -0.39 is 0 Å². The van der Waals surface area contributed by atoms with E-state index >= 15 is 0 Å². The van der Waals surface area contributed by atoms with Gasteiger partial charge in [-0.1, -0.05) is 5.92 Å². The Bertz CT molecular complexity index is 1100. The Labute approximate surface area is 180 Å². The summed E-state index contributed by atoms with van der Waals surface area (Å²) in [6.07, 6.45) is 2.37. The summed E-state index contributed by atoms with van der Waals surface area (Å²) in [5, 5.41) is 3.91. The lowest BCUT2D eigenvalue weighted by atomic mass is 10.2. The summed E-state index contributed by atoms with van der Waals surface area (Å²) in [6, 6.07) is 8.06. The molecular formula is C23H24N4O2S. The van der Waals surface area contributed by atoms with E-state index in [9.17, 15) is 4.79 Å². The minimum atomic E-state index is 0.237. The quantitative estimate of drug-likeness (QED) is 0.451. The zero-order valence-corrected chi connectivity index (χ0v) is 18.0. The van der Waals surface area contributed by atoms with Crippen LogP contribution < -0.4 is 9.64 Å². The fourth-order valence-corrected chi connectivity index (χ4v) is 3.98. The molecule has 0 radical (unpaired) electrons. The number of carbonyl (C=O) groups is 1. The third-order valence-electron chi connectivity index (χ3n) is 4.97. The van der Waals surface area contributed by atoms with Crippen LogP contribution in [0.3, 0.4) is 0 Å². The lowest BCUT2D eigenvalue weighted by Gasteiger charge is -2.15. The SMILES string of the molecule is CN(C)c1ccc(C#Cc2nc3cscc3nc2OCCCN2CCCC2=O)cc1. The monoisotopic (exact) mass is 420 g/mol. The Hall–Kier alpha value is -3.11. The second-order valence-corrected chi connectivity index (χ2v) is 8.14. The molecule has 0 saturated carbocycles. The first-order valence-electron chi connectivity index (χ1n) is 10.0. The number of nitrogens with zero attached hydrogens (tertiary/aromatic N) is 4. The highest BCUT2D eigenvalue weighted by molar-refractivity contribution is 7.09. The maximum absolute atomic E-state index is 11.7. The zero-order chi connectivity index (χ0) is 20.9. The molecule has 1 aliphatic heterocycles. The fourth-order valence-electron chi connectivity index (χ4n) is 3.30. The van der Waals surface area contributed by atoms with Crippen LogP contribution in [-0.2, 0) is 4.79 Å². The molecule has 0 spiro atoms. The van der Waals surface area contributed by atoms with Crippen molar-refractivity contribution in [3.05, 3.63) is 46.3 Å². The molecule has 0 N–H and O–H groups in total. The number of hydrogen-bond acceptors (Lipinski definition) is 6. The van der Waals surface area contributed by atoms with E-state index in [4.69, 9.17) is 4.74 Å². The lowest BCUT2D eigenvalue weighted by molar-refractivity contribution is -0.127. The van der Waals surface area contributed by atoms with E-state index in [0.29, 0.717) is 31.1 Å². The number of amides is 1. The van der Waals surface area contributed by atoms with Gasteiger partial charge in [-0.05, 0) is 43.0 Å². The van der Waals surface area contributed by atoms with Crippen LogP contribution in [0.5, 0.6) is 5.88 Å². The van der Waals surface area contributed by atoms with Crippen LogP contribution in [-0.4, -0.2) is 54.6 Å². The molecule has 0 atom stereocenters. The molecule has 154 valence electrons. The Kier molecular flexibility index (Phi) is 6.15. The number of rotatable bonds is 6. The number of benzene rings is 1. The number of anilines is 1. The second kappa shape index (κ2) is 9.14. The van der Waals surface area contributed by atoms with Gasteiger partial charge in [-0.3, -0.25) is 4.79 Å². The van der Waals surface area contributed by atoms with E-state index in [1.165, 1.54) is 0 Å². The van der Waals surface area contributed by atoms with Crippen molar-refractivity contribution in [2.75, 3.05) is 38.7 Å². The van der Waals surface area contributed by atoms with Gasteiger partial charge in [0.1, 0.15) is 11.0 Å². The first kappa shape index (κ1) is 20.2. The van der Waals surface area contributed by atoms with E-state index in [-0.39, 0.29) is 5.91 Å². The number of hydrogen-bond donors (Lipinski definition) is 0. The van der Waals surface area contributed by atoms with Crippen LogP contribution in [0.25, 0.3) is 11.0 Å². The summed E-state index contributed by atoms with van der Waals surface area (Å²) in [7, 11) is 4.02. The predicted molar refractivity (Wildman–Crippen MR) is 120 cm³/mol. The number of ether oxygens (including phenoxy) is 1. The first-order valence-corrected chi connectivity index (χ1v) is 11.0. The molecule has 30 heavy (non-hydrogen) atoms. The zero-order valence-electron chi connectivity index (χ0n) is 17.2. The molecule has 1 aromatic carbocycles. The molecule has 0 bridgehead atoms. The summed E-state index contributed by atoms with van der Waals surface area (Å²) in [6.45, 7) is 2.04. The van der Waals surface area contributed by atoms with Crippen LogP contribution in [0.15, 0.2) is 35.0 Å². The van der Waals surface area contributed by atoms with E-state index in [1.54, 1.807) is 11.3 Å². The van der Waals surface area contributed by atoms with Crippen LogP contribution in [0.2, 0.25) is 0 Å². The minimum Gasteiger partial charge on any atom is -0.476 e. The van der Waals surface area contributed by atoms with Crippen LogP contribution in [0.4, 0.5) is 5.69 Å². The Morgan fingerprint density at radius 3 is 2.60 bits per heavy atom. The standard InChI is InChI=1S/C23H24N4O2S/c1-26(2)18-9-6-17(7-10-18)8-11-19-23(25-21-16-30-15-20(21)24-19)29-14-4-13-27-12-3-5-22(27)28/h6-7,9-10,15-16H,3-5,12-14H2,1-2H3. The Balaban J connectivity index is 1.48. The molecule has 1 aliphatic rings. The molecular weight excluding hydrogens is 396 g/mol. The Morgan fingerprint density at radius 2 is 1.90 bits per heavy atom. The third kappa shape index (κ3) is 4.71. The molecule has 4 rings (SSSR count). The van der Waals surface area contributed by atoms with Crippen molar-refractivity contribution in [2.45, 2.75) is 19.3 Å². The van der Waals surface area contributed by atoms with Crippen LogP contribution in [0, 0.1) is 11.8 Å².